The van der Waals surface area contributed by atoms with E-state index < -0.39 is 7.05 Å². The van der Waals surface area contributed by atoms with Crippen molar-refractivity contribution in [2.45, 2.75) is 12.9 Å². The summed E-state index contributed by atoms with van der Waals surface area (Å²) in [6, 6.07) is -0.140. The topological polar surface area (TPSA) is 48.1 Å². The third-order valence-corrected chi connectivity index (χ3v) is 2.34. The number of rotatable bonds is 3. The summed E-state index contributed by atoms with van der Waals surface area (Å²) >= 11 is 0. The molecule has 0 aromatic rings. The summed E-state index contributed by atoms with van der Waals surface area (Å²) in [5.41, 5.74) is 0. The number of hydrogen-bond acceptors (Lipinski definition) is 4. The fourth-order valence-corrected chi connectivity index (χ4v) is 1.59. The van der Waals surface area contributed by atoms with Crippen molar-refractivity contribution in [1.29, 1.82) is 0 Å². The van der Waals surface area contributed by atoms with Crippen LogP contribution in [0.1, 0.15) is 0 Å². The average Bonchev–Trinajstić information content (AvgIpc) is 2.17. The molecule has 0 radical (unpaired) electrons. The fourth-order valence-electron chi connectivity index (χ4n) is 1.59. The number of nitrogens with zero attached hydrogens (tertiary/aromatic N) is 3. The maximum atomic E-state index is 10.3. The second-order valence-electron chi connectivity index (χ2n) is 3.53. The van der Waals surface area contributed by atoms with E-state index in [1.165, 1.54) is 0 Å². The van der Waals surface area contributed by atoms with Crippen LogP contribution >= 0.6 is 0 Å². The van der Waals surface area contributed by atoms with E-state index in [0.717, 1.165) is 7.15 Å². The van der Waals surface area contributed by atoms with E-state index >= 15 is 0 Å². The third-order valence-electron chi connectivity index (χ3n) is 2.34. The molecule has 1 rings (SSSR count). The van der Waals surface area contributed by atoms with Crippen molar-refractivity contribution >= 4 is 14.2 Å². The molecule has 1 saturated heterocycles. The van der Waals surface area contributed by atoms with Crippen molar-refractivity contribution in [3.05, 3.63) is 11.4 Å². The second-order valence-corrected chi connectivity index (χ2v) is 3.53. The van der Waals surface area contributed by atoms with E-state index in [1.807, 2.05) is 4.90 Å². The van der Waals surface area contributed by atoms with Gasteiger partial charge in [-0.1, -0.05) is 0 Å². The summed E-state index contributed by atoms with van der Waals surface area (Å²) < 4.78 is 10.3. The van der Waals surface area contributed by atoms with E-state index in [-0.39, 0.29) is 6.04 Å². The SMILES string of the molecule is [C-]#[N+]C1CN(CB=O)CN(B(C)O)C1. The molecule has 74 valence electrons. The van der Waals surface area contributed by atoms with Crippen LogP contribution < -0.4 is 0 Å². The molecular formula is C7H13B2N3O2. The molecule has 1 aliphatic rings. The molecule has 1 unspecified atom stereocenters. The molecule has 5 nitrogen and oxygen atoms in total. The minimum absolute atomic E-state index is 0.140. The fraction of sp³-hybridized carbons (Fsp3) is 0.857. The van der Waals surface area contributed by atoms with Gasteiger partial charge in [0.05, 0.1) is 0 Å². The van der Waals surface area contributed by atoms with Crippen molar-refractivity contribution in [2.75, 3.05) is 26.2 Å². The van der Waals surface area contributed by atoms with Crippen molar-refractivity contribution in [2.24, 2.45) is 0 Å². The van der Waals surface area contributed by atoms with Crippen LogP contribution in [0.5, 0.6) is 0 Å². The summed E-state index contributed by atoms with van der Waals surface area (Å²) in [6.45, 7) is 10.4. The van der Waals surface area contributed by atoms with Gasteiger partial charge in [0.2, 0.25) is 0 Å². The summed E-state index contributed by atoms with van der Waals surface area (Å²) in [4.78, 5) is 7.11. The van der Waals surface area contributed by atoms with Crippen LogP contribution in [0.15, 0.2) is 0 Å². The van der Waals surface area contributed by atoms with E-state index in [1.54, 1.807) is 11.6 Å². The van der Waals surface area contributed by atoms with Crippen LogP contribution in [0.4, 0.5) is 0 Å². The molecule has 0 aromatic carbocycles. The molecule has 0 aliphatic carbocycles. The predicted octanol–water partition coefficient (Wildman–Crippen LogP) is -1.03. The summed E-state index contributed by atoms with van der Waals surface area (Å²) in [5, 5.41) is 9.38. The van der Waals surface area contributed by atoms with Crippen LogP contribution in [-0.4, -0.2) is 61.2 Å². The Hall–Kier alpha value is -0.700. The Morgan fingerprint density at radius 3 is 2.93 bits per heavy atom. The van der Waals surface area contributed by atoms with Crippen LogP contribution in [0.2, 0.25) is 6.82 Å². The Kier molecular flexibility index (Phi) is 4.26. The normalized spacial score (nSPS) is 23.9. The molecule has 14 heavy (non-hydrogen) atoms. The first kappa shape index (κ1) is 11.4. The molecule has 0 amide bonds. The molecule has 1 fully saturated rings. The Morgan fingerprint density at radius 2 is 2.43 bits per heavy atom. The minimum atomic E-state index is -0.561. The van der Waals surface area contributed by atoms with Crippen LogP contribution in [0.25, 0.3) is 4.85 Å². The Bertz CT molecular complexity index is 244. The van der Waals surface area contributed by atoms with Crippen molar-refractivity contribution in [1.82, 2.24) is 9.71 Å². The van der Waals surface area contributed by atoms with Gasteiger partial charge < -0.3 is 0 Å². The molecule has 1 atom stereocenters. The van der Waals surface area contributed by atoms with Crippen LogP contribution in [0, 0.1) is 6.57 Å². The Labute approximate surface area is 84.9 Å². The molecule has 0 aromatic heterocycles. The van der Waals surface area contributed by atoms with Crippen LogP contribution in [0.3, 0.4) is 0 Å². The van der Waals surface area contributed by atoms with Gasteiger partial charge in [-0.25, -0.2) is 0 Å². The maximum absolute atomic E-state index is 10.3. The molecule has 7 heteroatoms. The quantitative estimate of drug-likeness (QED) is 0.459. The van der Waals surface area contributed by atoms with Crippen molar-refractivity contribution in [3.8, 4) is 0 Å². The molecule has 0 saturated carbocycles. The van der Waals surface area contributed by atoms with Gasteiger partial charge in [0.25, 0.3) is 0 Å². The van der Waals surface area contributed by atoms with Gasteiger partial charge in [0.15, 0.2) is 0 Å². The van der Waals surface area contributed by atoms with Gasteiger partial charge in [0.1, 0.15) is 0 Å². The van der Waals surface area contributed by atoms with E-state index in [4.69, 9.17) is 6.57 Å². The van der Waals surface area contributed by atoms with E-state index in [0.29, 0.717) is 26.2 Å². The first-order valence-electron chi connectivity index (χ1n) is 4.62. The first-order valence-corrected chi connectivity index (χ1v) is 4.62. The standard InChI is InChI=1S/C7H13B2N3O2/c1-9(14)12-4-7(10-2)3-11(6-12)5-8-13/h7,14H,3-6H2,1H3. The zero-order chi connectivity index (χ0) is 10.6. The molecule has 1 heterocycles. The first-order chi connectivity index (χ1) is 6.67. The van der Waals surface area contributed by atoms with E-state index in [2.05, 4.69) is 4.85 Å². The Morgan fingerprint density at radius 1 is 1.71 bits per heavy atom. The molecule has 0 bridgehead atoms. The van der Waals surface area contributed by atoms with Crippen molar-refractivity contribution in [3.63, 3.8) is 0 Å². The van der Waals surface area contributed by atoms with Crippen molar-refractivity contribution < 1.29 is 9.73 Å². The molecule has 1 N–H and O–H groups in total. The summed E-state index contributed by atoms with van der Waals surface area (Å²) in [5.74, 6) is 0. The van der Waals surface area contributed by atoms with Gasteiger partial charge in [-0.2, -0.15) is 0 Å². The summed E-state index contributed by atoms with van der Waals surface area (Å²) in [7, 11) is 0.265. The second kappa shape index (κ2) is 5.25. The van der Waals surface area contributed by atoms with Crippen LogP contribution in [-0.2, 0) is 4.70 Å². The van der Waals surface area contributed by atoms with E-state index in [9.17, 15) is 9.73 Å². The average molecular weight is 193 g/mol. The summed E-state index contributed by atoms with van der Waals surface area (Å²) in [6.07, 6.45) is 0.329. The Balaban J connectivity index is 2.57. The zero-order valence-corrected chi connectivity index (χ0v) is 8.26. The van der Waals surface area contributed by atoms with Gasteiger partial charge in [0, 0.05) is 0 Å². The van der Waals surface area contributed by atoms with Gasteiger partial charge in [-0.05, 0) is 0 Å². The van der Waals surface area contributed by atoms with Gasteiger partial charge in [-0.15, -0.1) is 0 Å². The molecule has 0 spiro atoms. The third kappa shape index (κ3) is 2.91. The monoisotopic (exact) mass is 193 g/mol. The van der Waals surface area contributed by atoms with Gasteiger partial charge >= 0.3 is 84.1 Å². The number of hydrogen-bond donors (Lipinski definition) is 1. The molecular weight excluding hydrogens is 180 g/mol. The predicted molar refractivity (Wildman–Crippen MR) is 53.8 cm³/mol. The molecule has 1 aliphatic heterocycles. The van der Waals surface area contributed by atoms with Gasteiger partial charge in [-0.3, -0.25) is 0 Å². The zero-order valence-electron chi connectivity index (χ0n) is 8.26.